The highest BCUT2D eigenvalue weighted by Crippen LogP contribution is 2.09. The number of likely N-dealkylation sites (N-methyl/N-ethyl adjacent to an activating group) is 1. The maximum Gasteiger partial charge on any atom is 0.413 e. The average molecular weight is 264 g/mol. The Morgan fingerprint density at radius 2 is 1.84 bits per heavy atom. The minimum Gasteiger partial charge on any atom is -0.410 e. The highest BCUT2D eigenvalue weighted by atomic mass is 16.6. The molecule has 0 saturated heterocycles. The van der Waals surface area contributed by atoms with Gasteiger partial charge in [-0.1, -0.05) is 32.0 Å². The van der Waals surface area contributed by atoms with Crippen molar-refractivity contribution >= 4 is 12.0 Å². The van der Waals surface area contributed by atoms with Crippen LogP contribution in [0.25, 0.3) is 0 Å². The standard InChI is InChI=1S/C14H20N2O3/c1-10(2)9-12(13(17)15-3)16-14(18)19-11-7-5-4-6-8-11/h4-8,10,12H,9H2,1-3H3,(H,15,17)(H,16,18). The summed E-state index contributed by atoms with van der Waals surface area (Å²) in [4.78, 5) is 23.4. The lowest BCUT2D eigenvalue weighted by atomic mass is 10.0. The van der Waals surface area contributed by atoms with Crippen LogP contribution in [0.3, 0.4) is 0 Å². The van der Waals surface area contributed by atoms with Crippen LogP contribution in [-0.2, 0) is 4.79 Å². The first-order valence-electron chi connectivity index (χ1n) is 6.28. The summed E-state index contributed by atoms with van der Waals surface area (Å²) in [6.07, 6.45) is -0.0655. The van der Waals surface area contributed by atoms with Crippen molar-refractivity contribution < 1.29 is 14.3 Å². The normalized spacial score (nSPS) is 11.8. The summed E-state index contributed by atoms with van der Waals surface area (Å²) < 4.78 is 5.09. The van der Waals surface area contributed by atoms with Crippen LogP contribution in [0.1, 0.15) is 20.3 Å². The molecule has 0 saturated carbocycles. The summed E-state index contributed by atoms with van der Waals surface area (Å²) in [6, 6.07) is 8.14. The molecule has 1 aromatic rings. The number of carbonyl (C=O) groups is 2. The van der Waals surface area contributed by atoms with Gasteiger partial charge in [0.1, 0.15) is 11.8 Å². The number of nitrogens with one attached hydrogen (secondary N) is 2. The van der Waals surface area contributed by atoms with Gasteiger partial charge in [-0.2, -0.15) is 0 Å². The third-order valence-electron chi connectivity index (χ3n) is 2.52. The van der Waals surface area contributed by atoms with Crippen LogP contribution in [-0.4, -0.2) is 25.1 Å². The van der Waals surface area contributed by atoms with Crippen LogP contribution < -0.4 is 15.4 Å². The number of hydrogen-bond donors (Lipinski definition) is 2. The number of amides is 2. The first kappa shape index (κ1) is 15.0. The molecule has 104 valence electrons. The van der Waals surface area contributed by atoms with E-state index in [0.29, 0.717) is 18.1 Å². The topological polar surface area (TPSA) is 67.4 Å². The summed E-state index contributed by atoms with van der Waals surface area (Å²) in [7, 11) is 1.54. The van der Waals surface area contributed by atoms with Crippen LogP contribution in [0.5, 0.6) is 5.75 Å². The molecule has 1 aromatic carbocycles. The van der Waals surface area contributed by atoms with Crippen molar-refractivity contribution in [1.82, 2.24) is 10.6 Å². The minimum absolute atomic E-state index is 0.223. The second-order valence-electron chi connectivity index (χ2n) is 4.64. The number of ether oxygens (including phenoxy) is 1. The molecular formula is C14H20N2O3. The third-order valence-corrected chi connectivity index (χ3v) is 2.52. The first-order valence-corrected chi connectivity index (χ1v) is 6.28. The molecule has 2 amide bonds. The Bertz CT molecular complexity index is 418. The maximum atomic E-state index is 11.7. The van der Waals surface area contributed by atoms with Crippen molar-refractivity contribution in [2.75, 3.05) is 7.05 Å². The van der Waals surface area contributed by atoms with Crippen LogP contribution >= 0.6 is 0 Å². The highest BCUT2D eigenvalue weighted by molar-refractivity contribution is 5.85. The Balaban J connectivity index is 2.58. The highest BCUT2D eigenvalue weighted by Gasteiger charge is 2.21. The van der Waals surface area contributed by atoms with Gasteiger partial charge in [-0.15, -0.1) is 0 Å². The van der Waals surface area contributed by atoms with Crippen molar-refractivity contribution in [3.8, 4) is 5.75 Å². The number of rotatable bonds is 5. The number of hydrogen-bond acceptors (Lipinski definition) is 3. The summed E-state index contributed by atoms with van der Waals surface area (Å²) >= 11 is 0. The molecule has 1 rings (SSSR count). The monoisotopic (exact) mass is 264 g/mol. The van der Waals surface area contributed by atoms with Crippen LogP contribution in [0.4, 0.5) is 4.79 Å². The average Bonchev–Trinajstić information content (AvgIpc) is 2.37. The third kappa shape index (κ3) is 5.42. The first-order chi connectivity index (χ1) is 9.02. The van der Waals surface area contributed by atoms with E-state index in [0.717, 1.165) is 0 Å². The molecule has 0 bridgehead atoms. The van der Waals surface area contributed by atoms with Gasteiger partial charge in [0.25, 0.3) is 0 Å². The van der Waals surface area contributed by atoms with Crippen LogP contribution in [0.15, 0.2) is 30.3 Å². The van der Waals surface area contributed by atoms with Gasteiger partial charge in [-0.05, 0) is 24.5 Å². The predicted molar refractivity (Wildman–Crippen MR) is 72.9 cm³/mol. The summed E-state index contributed by atoms with van der Waals surface area (Å²) in [6.45, 7) is 3.97. The summed E-state index contributed by atoms with van der Waals surface area (Å²) in [5.74, 6) is 0.512. The maximum absolute atomic E-state index is 11.7. The van der Waals surface area contributed by atoms with E-state index >= 15 is 0 Å². The van der Waals surface area contributed by atoms with Gasteiger partial charge in [0, 0.05) is 7.05 Å². The Labute approximate surface area is 113 Å². The second-order valence-corrected chi connectivity index (χ2v) is 4.64. The summed E-state index contributed by atoms with van der Waals surface area (Å²) in [5.41, 5.74) is 0. The Hall–Kier alpha value is -2.04. The van der Waals surface area contributed by atoms with E-state index in [1.165, 1.54) is 0 Å². The summed E-state index contributed by atoms with van der Waals surface area (Å²) in [5, 5.41) is 5.10. The molecule has 19 heavy (non-hydrogen) atoms. The SMILES string of the molecule is CNC(=O)C(CC(C)C)NC(=O)Oc1ccccc1. The smallest absolute Gasteiger partial charge is 0.410 e. The molecule has 0 heterocycles. The Morgan fingerprint density at radius 3 is 2.37 bits per heavy atom. The Morgan fingerprint density at radius 1 is 1.21 bits per heavy atom. The van der Waals surface area contributed by atoms with Gasteiger partial charge < -0.3 is 15.4 Å². The molecule has 0 aromatic heterocycles. The predicted octanol–water partition coefficient (Wildman–Crippen LogP) is 1.94. The van der Waals surface area contributed by atoms with Crippen LogP contribution in [0, 0.1) is 5.92 Å². The quantitative estimate of drug-likeness (QED) is 0.854. The largest absolute Gasteiger partial charge is 0.413 e. The molecule has 0 fully saturated rings. The van der Waals surface area contributed by atoms with Crippen LogP contribution in [0.2, 0.25) is 0 Å². The van der Waals surface area contributed by atoms with Crippen molar-refractivity contribution in [2.24, 2.45) is 5.92 Å². The molecule has 0 spiro atoms. The van der Waals surface area contributed by atoms with E-state index in [1.807, 2.05) is 19.9 Å². The molecule has 0 aliphatic carbocycles. The fourth-order valence-corrected chi connectivity index (χ4v) is 1.64. The second kappa shape index (κ2) is 7.41. The lowest BCUT2D eigenvalue weighted by molar-refractivity contribution is -0.122. The molecule has 0 aliphatic heterocycles. The van der Waals surface area contributed by atoms with E-state index < -0.39 is 12.1 Å². The van der Waals surface area contributed by atoms with E-state index in [1.54, 1.807) is 31.3 Å². The lowest BCUT2D eigenvalue weighted by Crippen LogP contribution is -2.47. The van der Waals surface area contributed by atoms with E-state index in [-0.39, 0.29) is 5.91 Å². The van der Waals surface area contributed by atoms with Gasteiger partial charge in [0.15, 0.2) is 0 Å². The minimum atomic E-state index is -0.625. The fourth-order valence-electron chi connectivity index (χ4n) is 1.64. The van der Waals surface area contributed by atoms with Gasteiger partial charge in [-0.25, -0.2) is 4.79 Å². The van der Waals surface area contributed by atoms with Gasteiger partial charge >= 0.3 is 6.09 Å². The van der Waals surface area contributed by atoms with Crippen molar-refractivity contribution in [3.63, 3.8) is 0 Å². The zero-order chi connectivity index (χ0) is 14.3. The molecule has 1 unspecified atom stereocenters. The van der Waals surface area contributed by atoms with Gasteiger partial charge in [-0.3, -0.25) is 4.79 Å². The molecular weight excluding hydrogens is 244 g/mol. The molecule has 0 radical (unpaired) electrons. The molecule has 0 aliphatic rings. The van der Waals surface area contributed by atoms with Crippen molar-refractivity contribution in [3.05, 3.63) is 30.3 Å². The lowest BCUT2D eigenvalue weighted by Gasteiger charge is -2.18. The van der Waals surface area contributed by atoms with Crippen molar-refractivity contribution in [2.45, 2.75) is 26.3 Å². The fraction of sp³-hybridized carbons (Fsp3) is 0.429. The molecule has 1 atom stereocenters. The Kier molecular flexibility index (Phi) is 5.85. The van der Waals surface area contributed by atoms with Gasteiger partial charge in [0.2, 0.25) is 5.91 Å². The molecule has 5 nitrogen and oxygen atoms in total. The number of benzene rings is 1. The zero-order valence-corrected chi connectivity index (χ0v) is 11.5. The number of para-hydroxylation sites is 1. The van der Waals surface area contributed by atoms with Gasteiger partial charge in [0.05, 0.1) is 0 Å². The molecule has 2 N–H and O–H groups in total. The van der Waals surface area contributed by atoms with E-state index in [9.17, 15) is 9.59 Å². The molecule has 5 heteroatoms. The van der Waals surface area contributed by atoms with Crippen molar-refractivity contribution in [1.29, 1.82) is 0 Å². The zero-order valence-electron chi connectivity index (χ0n) is 11.5. The van der Waals surface area contributed by atoms with E-state index in [4.69, 9.17) is 4.74 Å². The number of carbonyl (C=O) groups excluding carboxylic acids is 2. The van der Waals surface area contributed by atoms with E-state index in [2.05, 4.69) is 10.6 Å².